The molecule has 1 aromatic heterocycles. The van der Waals surface area contributed by atoms with E-state index in [1.165, 1.54) is 17.7 Å². The molecule has 0 bridgehead atoms. The average Bonchev–Trinajstić information content (AvgIpc) is 2.76. The van der Waals surface area contributed by atoms with Gasteiger partial charge < -0.3 is 9.73 Å². The first kappa shape index (κ1) is 17.9. The molecule has 0 spiro atoms. The molecule has 122 valence electrons. The predicted octanol–water partition coefficient (Wildman–Crippen LogP) is 1.88. The molecule has 21 heavy (non-hydrogen) atoms. The maximum Gasteiger partial charge on any atom is 0.320 e. The van der Waals surface area contributed by atoms with Crippen LogP contribution in [0.25, 0.3) is 0 Å². The van der Waals surface area contributed by atoms with Gasteiger partial charge in [-0.2, -0.15) is 8.78 Å². The van der Waals surface area contributed by atoms with Gasteiger partial charge in [0.1, 0.15) is 16.4 Å². The van der Waals surface area contributed by atoms with E-state index in [0.29, 0.717) is 12.3 Å². The minimum atomic E-state index is -4.43. The van der Waals surface area contributed by atoms with Crippen molar-refractivity contribution in [2.24, 2.45) is 0 Å². The van der Waals surface area contributed by atoms with E-state index in [-0.39, 0.29) is 17.2 Å². The van der Waals surface area contributed by atoms with Gasteiger partial charge >= 0.3 is 12.3 Å². The van der Waals surface area contributed by atoms with Gasteiger partial charge in [-0.1, -0.05) is 6.92 Å². The summed E-state index contributed by atoms with van der Waals surface area (Å²) < 4.78 is 79.8. The lowest BCUT2D eigenvalue weighted by molar-refractivity contribution is -0.122. The number of sulfonamides is 1. The Morgan fingerprint density at radius 3 is 2.52 bits per heavy atom. The third-order valence-corrected chi connectivity index (χ3v) is 4.09. The van der Waals surface area contributed by atoms with Crippen LogP contribution in [0.4, 0.5) is 17.6 Å². The summed E-state index contributed by atoms with van der Waals surface area (Å²) in [6.45, 7) is 2.39. The molecule has 0 saturated carbocycles. The number of aryl methyl sites for hydroxylation is 1. The Morgan fingerprint density at radius 1 is 1.38 bits per heavy atom. The fourth-order valence-corrected chi connectivity index (χ4v) is 2.72. The van der Waals surface area contributed by atoms with Crippen LogP contribution in [0, 0.1) is 6.92 Å². The fourth-order valence-electron chi connectivity index (χ4n) is 1.47. The first-order valence-electron chi connectivity index (χ1n) is 6.06. The summed E-state index contributed by atoms with van der Waals surface area (Å²) in [6.07, 6.45) is -3.95. The van der Waals surface area contributed by atoms with Crippen molar-refractivity contribution >= 4 is 10.0 Å². The molecule has 0 atom stereocenters. The van der Waals surface area contributed by atoms with E-state index < -0.39 is 28.9 Å². The zero-order chi connectivity index (χ0) is 16.3. The van der Waals surface area contributed by atoms with E-state index in [1.54, 1.807) is 0 Å². The van der Waals surface area contributed by atoms with E-state index in [9.17, 15) is 26.0 Å². The van der Waals surface area contributed by atoms with E-state index in [2.05, 4.69) is 5.32 Å². The summed E-state index contributed by atoms with van der Waals surface area (Å²) in [5, 5.41) is 2.90. The Labute approximate surface area is 119 Å². The smallest absolute Gasteiger partial charge is 0.320 e. The monoisotopic (exact) mass is 332 g/mol. The van der Waals surface area contributed by atoms with Gasteiger partial charge in [-0.05, 0) is 13.5 Å². The van der Waals surface area contributed by atoms with Gasteiger partial charge in [-0.25, -0.2) is 21.9 Å². The number of hydrogen-bond donors (Lipinski definition) is 2. The standard InChI is InChI=1S/C11H16F4N2O3S/c1-3-16-5-8-4-9(7(2)20-8)21(18,19)17-6-11(14,15)10(12)13/h4,10,16-17H,3,5-6H2,1-2H3. The van der Waals surface area contributed by atoms with Crippen LogP contribution < -0.4 is 10.0 Å². The topological polar surface area (TPSA) is 71.3 Å². The third-order valence-electron chi connectivity index (χ3n) is 2.58. The first-order valence-corrected chi connectivity index (χ1v) is 7.54. The van der Waals surface area contributed by atoms with E-state index in [4.69, 9.17) is 4.42 Å². The normalized spacial score (nSPS) is 13.1. The predicted molar refractivity (Wildman–Crippen MR) is 67.0 cm³/mol. The van der Waals surface area contributed by atoms with Crippen molar-refractivity contribution in [3.05, 3.63) is 17.6 Å². The molecule has 0 aliphatic carbocycles. The van der Waals surface area contributed by atoms with Crippen LogP contribution in [0.15, 0.2) is 15.4 Å². The van der Waals surface area contributed by atoms with Crippen LogP contribution in [0.1, 0.15) is 18.4 Å². The molecule has 0 saturated heterocycles. The zero-order valence-electron chi connectivity index (χ0n) is 11.4. The maximum atomic E-state index is 12.8. The molecule has 1 heterocycles. The Hall–Kier alpha value is -1.13. The molecule has 0 radical (unpaired) electrons. The van der Waals surface area contributed by atoms with Gasteiger partial charge in [0, 0.05) is 6.07 Å². The van der Waals surface area contributed by atoms with Gasteiger partial charge in [-0.15, -0.1) is 0 Å². The Kier molecular flexibility index (Phi) is 5.76. The Bertz CT molecular complexity index is 572. The van der Waals surface area contributed by atoms with Crippen LogP contribution in [-0.2, 0) is 16.6 Å². The van der Waals surface area contributed by atoms with Gasteiger partial charge in [0.15, 0.2) is 0 Å². The SMILES string of the molecule is CCNCc1cc(S(=O)(=O)NCC(F)(F)C(F)F)c(C)o1. The van der Waals surface area contributed by atoms with Gasteiger partial charge in [0.25, 0.3) is 0 Å². The maximum absolute atomic E-state index is 12.8. The minimum absolute atomic E-state index is 0.00392. The van der Waals surface area contributed by atoms with Crippen LogP contribution in [0.5, 0.6) is 0 Å². The zero-order valence-corrected chi connectivity index (χ0v) is 12.2. The molecule has 2 N–H and O–H groups in total. The quantitative estimate of drug-likeness (QED) is 0.713. The molecular weight excluding hydrogens is 316 g/mol. The summed E-state index contributed by atoms with van der Waals surface area (Å²) in [5.74, 6) is -4.14. The first-order chi connectivity index (χ1) is 9.60. The number of alkyl halides is 4. The molecule has 0 aromatic carbocycles. The van der Waals surface area contributed by atoms with Gasteiger partial charge in [0.2, 0.25) is 10.0 Å². The van der Waals surface area contributed by atoms with Gasteiger partial charge in [-0.3, -0.25) is 0 Å². The molecule has 0 unspecified atom stereocenters. The Morgan fingerprint density at radius 2 is 2.00 bits per heavy atom. The number of halogens is 4. The molecule has 1 rings (SSSR count). The second kappa shape index (κ2) is 6.75. The number of rotatable bonds is 8. The summed E-state index contributed by atoms with van der Waals surface area (Å²) in [7, 11) is -4.35. The van der Waals surface area contributed by atoms with Crippen molar-refractivity contribution in [3.63, 3.8) is 0 Å². The van der Waals surface area contributed by atoms with Crippen molar-refractivity contribution in [1.82, 2.24) is 10.0 Å². The van der Waals surface area contributed by atoms with E-state index in [1.807, 2.05) is 6.92 Å². The molecule has 0 aliphatic rings. The largest absolute Gasteiger partial charge is 0.464 e. The fraction of sp³-hybridized carbons (Fsp3) is 0.636. The van der Waals surface area contributed by atoms with Crippen LogP contribution in [-0.4, -0.2) is 33.9 Å². The third kappa shape index (κ3) is 4.68. The Balaban J connectivity index is 2.86. The molecule has 5 nitrogen and oxygen atoms in total. The highest BCUT2D eigenvalue weighted by atomic mass is 32.2. The average molecular weight is 332 g/mol. The molecule has 0 fully saturated rings. The number of nitrogens with one attached hydrogen (secondary N) is 2. The highest BCUT2D eigenvalue weighted by Crippen LogP contribution is 2.24. The van der Waals surface area contributed by atoms with Crippen molar-refractivity contribution in [1.29, 1.82) is 0 Å². The highest BCUT2D eigenvalue weighted by molar-refractivity contribution is 7.89. The van der Waals surface area contributed by atoms with Crippen molar-refractivity contribution in [2.45, 2.75) is 37.6 Å². The number of hydrogen-bond acceptors (Lipinski definition) is 4. The number of furan rings is 1. The van der Waals surface area contributed by atoms with Gasteiger partial charge in [0.05, 0.1) is 13.1 Å². The molecule has 0 aliphatic heterocycles. The molecule has 1 aromatic rings. The lowest BCUT2D eigenvalue weighted by Crippen LogP contribution is -2.41. The van der Waals surface area contributed by atoms with Crippen LogP contribution in [0.2, 0.25) is 0 Å². The van der Waals surface area contributed by atoms with Crippen molar-refractivity contribution < 1.29 is 30.4 Å². The lowest BCUT2D eigenvalue weighted by Gasteiger charge is -2.15. The van der Waals surface area contributed by atoms with E-state index >= 15 is 0 Å². The van der Waals surface area contributed by atoms with Crippen molar-refractivity contribution in [3.8, 4) is 0 Å². The lowest BCUT2D eigenvalue weighted by atomic mass is 10.4. The summed E-state index contributed by atoms with van der Waals surface area (Å²) in [4.78, 5) is -0.347. The molecular formula is C11H16F4N2O3S. The second-order valence-electron chi connectivity index (χ2n) is 4.30. The molecule has 0 amide bonds. The summed E-state index contributed by atoms with van der Waals surface area (Å²) in [6, 6.07) is 1.17. The summed E-state index contributed by atoms with van der Waals surface area (Å²) in [5.41, 5.74) is 0. The van der Waals surface area contributed by atoms with Crippen LogP contribution >= 0.6 is 0 Å². The summed E-state index contributed by atoms with van der Waals surface area (Å²) >= 11 is 0. The molecule has 10 heteroatoms. The highest BCUT2D eigenvalue weighted by Gasteiger charge is 2.41. The van der Waals surface area contributed by atoms with E-state index in [0.717, 1.165) is 0 Å². The van der Waals surface area contributed by atoms with Crippen molar-refractivity contribution in [2.75, 3.05) is 13.1 Å². The second-order valence-corrected chi connectivity index (χ2v) is 6.04. The van der Waals surface area contributed by atoms with Crippen LogP contribution in [0.3, 0.4) is 0 Å². The minimum Gasteiger partial charge on any atom is -0.464 e.